The second kappa shape index (κ2) is 8.83. The van der Waals surface area contributed by atoms with Crippen LogP contribution in [0.5, 0.6) is 0 Å². The molecular weight excluding hydrogens is 366 g/mol. The van der Waals surface area contributed by atoms with E-state index in [9.17, 15) is 14.0 Å². The highest BCUT2D eigenvalue weighted by atomic mass is 35.5. The minimum Gasteiger partial charge on any atom is -0.350 e. The molecule has 0 bridgehead atoms. The van der Waals surface area contributed by atoms with Gasteiger partial charge in [-0.3, -0.25) is 9.59 Å². The zero-order chi connectivity index (χ0) is 18.4. The van der Waals surface area contributed by atoms with Crippen molar-refractivity contribution < 1.29 is 14.0 Å². The molecule has 0 saturated carbocycles. The quantitative estimate of drug-likeness (QED) is 0.822. The summed E-state index contributed by atoms with van der Waals surface area (Å²) in [6.07, 6.45) is 0. The Hall–Kier alpha value is -2.11. The monoisotopic (exact) mass is 382 g/mol. The third-order valence-electron chi connectivity index (χ3n) is 3.58. The fourth-order valence-electron chi connectivity index (χ4n) is 2.22. The highest BCUT2D eigenvalue weighted by Crippen LogP contribution is 2.25. The summed E-state index contributed by atoms with van der Waals surface area (Å²) in [5, 5.41) is 3.17. The molecule has 132 valence electrons. The van der Waals surface area contributed by atoms with E-state index in [2.05, 4.69) is 5.32 Å². The molecule has 0 atom stereocenters. The Balaban J connectivity index is 1.99. The van der Waals surface area contributed by atoms with Crippen LogP contribution in [0.4, 0.5) is 4.39 Å². The first-order chi connectivity index (χ1) is 11.9. The Morgan fingerprint density at radius 3 is 2.24 bits per heavy atom. The molecule has 0 aliphatic carbocycles. The molecule has 0 fully saturated rings. The van der Waals surface area contributed by atoms with Crippen molar-refractivity contribution in [2.75, 3.05) is 13.1 Å². The number of halogens is 3. The molecule has 1 N–H and O–H groups in total. The molecule has 0 aliphatic rings. The second-order valence-corrected chi connectivity index (χ2v) is 6.13. The Morgan fingerprint density at radius 1 is 1.08 bits per heavy atom. The lowest BCUT2D eigenvalue weighted by atomic mass is 10.2. The maximum atomic E-state index is 12.9. The van der Waals surface area contributed by atoms with Crippen LogP contribution in [-0.4, -0.2) is 29.8 Å². The number of amides is 2. The van der Waals surface area contributed by atoms with Crippen molar-refractivity contribution in [2.45, 2.75) is 13.5 Å². The van der Waals surface area contributed by atoms with Crippen molar-refractivity contribution in [3.63, 3.8) is 0 Å². The molecule has 0 unspecified atom stereocenters. The molecule has 0 saturated heterocycles. The van der Waals surface area contributed by atoms with Crippen LogP contribution >= 0.6 is 23.2 Å². The van der Waals surface area contributed by atoms with Crippen LogP contribution in [0.2, 0.25) is 10.0 Å². The van der Waals surface area contributed by atoms with Gasteiger partial charge in [0, 0.05) is 13.1 Å². The third kappa shape index (κ3) is 5.18. The first-order valence-corrected chi connectivity index (χ1v) is 8.42. The van der Waals surface area contributed by atoms with E-state index in [1.807, 2.05) is 0 Å². The van der Waals surface area contributed by atoms with Crippen molar-refractivity contribution in [3.8, 4) is 0 Å². The van der Waals surface area contributed by atoms with Gasteiger partial charge in [0.05, 0.1) is 22.2 Å². The highest BCUT2D eigenvalue weighted by Gasteiger charge is 2.22. The third-order valence-corrected chi connectivity index (χ3v) is 4.21. The number of carbonyl (C=O) groups is 2. The predicted octanol–water partition coefficient (Wildman–Crippen LogP) is 3.91. The minimum absolute atomic E-state index is 0.127. The van der Waals surface area contributed by atoms with E-state index in [4.69, 9.17) is 23.2 Å². The number of carbonyl (C=O) groups excluding carboxylic acids is 2. The van der Waals surface area contributed by atoms with E-state index in [1.165, 1.54) is 17.0 Å². The molecule has 0 radical (unpaired) electrons. The molecule has 2 amide bonds. The van der Waals surface area contributed by atoms with Crippen molar-refractivity contribution in [3.05, 3.63) is 69.5 Å². The van der Waals surface area contributed by atoms with Gasteiger partial charge in [-0.1, -0.05) is 41.4 Å². The van der Waals surface area contributed by atoms with Crippen LogP contribution in [0.3, 0.4) is 0 Å². The lowest BCUT2D eigenvalue weighted by molar-refractivity contribution is -0.121. The van der Waals surface area contributed by atoms with E-state index >= 15 is 0 Å². The van der Waals surface area contributed by atoms with Crippen molar-refractivity contribution in [1.29, 1.82) is 0 Å². The standard InChI is InChI=1S/C18H17Cl2FN2O2/c1-2-23(18(25)17-14(19)4-3-5-15(17)20)11-16(24)22-10-12-6-8-13(21)9-7-12/h3-9H,2,10-11H2,1H3,(H,22,24). The summed E-state index contributed by atoms with van der Waals surface area (Å²) in [4.78, 5) is 26.1. The van der Waals surface area contributed by atoms with Gasteiger partial charge in [-0.05, 0) is 36.8 Å². The van der Waals surface area contributed by atoms with Crippen LogP contribution in [0.1, 0.15) is 22.8 Å². The number of likely N-dealkylation sites (N-methyl/N-ethyl adjacent to an activating group) is 1. The maximum Gasteiger partial charge on any atom is 0.257 e. The van der Waals surface area contributed by atoms with Gasteiger partial charge in [0.25, 0.3) is 5.91 Å². The van der Waals surface area contributed by atoms with Crippen LogP contribution < -0.4 is 5.32 Å². The largest absolute Gasteiger partial charge is 0.350 e. The number of nitrogens with one attached hydrogen (secondary N) is 1. The summed E-state index contributed by atoms with van der Waals surface area (Å²) >= 11 is 12.1. The average molecular weight is 383 g/mol. The smallest absolute Gasteiger partial charge is 0.257 e. The molecule has 0 spiro atoms. The van der Waals surface area contributed by atoms with Crippen molar-refractivity contribution in [1.82, 2.24) is 10.2 Å². The zero-order valence-corrected chi connectivity index (χ0v) is 15.1. The van der Waals surface area contributed by atoms with E-state index in [0.29, 0.717) is 6.54 Å². The second-order valence-electron chi connectivity index (χ2n) is 5.32. The fraction of sp³-hybridized carbons (Fsp3) is 0.222. The molecular formula is C18H17Cl2FN2O2. The first-order valence-electron chi connectivity index (χ1n) is 7.66. The normalized spacial score (nSPS) is 10.4. The molecule has 2 aromatic rings. The zero-order valence-electron chi connectivity index (χ0n) is 13.6. The van der Waals surface area contributed by atoms with Crippen molar-refractivity contribution >= 4 is 35.0 Å². The van der Waals surface area contributed by atoms with Gasteiger partial charge in [0.2, 0.25) is 5.91 Å². The lowest BCUT2D eigenvalue weighted by Crippen LogP contribution is -2.40. The van der Waals surface area contributed by atoms with Gasteiger partial charge in [-0.15, -0.1) is 0 Å². The van der Waals surface area contributed by atoms with Gasteiger partial charge in [0.1, 0.15) is 5.82 Å². The Bertz CT molecular complexity index is 746. The number of benzene rings is 2. The average Bonchev–Trinajstić information content (AvgIpc) is 2.59. The van der Waals surface area contributed by atoms with Gasteiger partial charge < -0.3 is 10.2 Å². The summed E-state index contributed by atoms with van der Waals surface area (Å²) < 4.78 is 12.9. The molecule has 0 aromatic heterocycles. The SMILES string of the molecule is CCN(CC(=O)NCc1ccc(F)cc1)C(=O)c1c(Cl)cccc1Cl. The molecule has 7 heteroatoms. The predicted molar refractivity (Wildman–Crippen MR) is 96.3 cm³/mol. The van der Waals surface area contributed by atoms with Gasteiger partial charge in [-0.2, -0.15) is 0 Å². The molecule has 25 heavy (non-hydrogen) atoms. The van der Waals surface area contributed by atoms with Gasteiger partial charge in [0.15, 0.2) is 0 Å². The summed E-state index contributed by atoms with van der Waals surface area (Å²) in [7, 11) is 0. The van der Waals surface area contributed by atoms with Crippen LogP contribution in [-0.2, 0) is 11.3 Å². The summed E-state index contributed by atoms with van der Waals surface area (Å²) in [5.74, 6) is -1.08. The minimum atomic E-state index is -0.407. The first kappa shape index (κ1) is 19.2. The summed E-state index contributed by atoms with van der Waals surface area (Å²) in [6, 6.07) is 10.6. The van der Waals surface area contributed by atoms with Crippen LogP contribution in [0.15, 0.2) is 42.5 Å². The highest BCUT2D eigenvalue weighted by molar-refractivity contribution is 6.39. The van der Waals surface area contributed by atoms with E-state index < -0.39 is 5.91 Å². The summed E-state index contributed by atoms with van der Waals surface area (Å²) in [5.41, 5.74) is 0.942. The number of nitrogens with zero attached hydrogens (tertiary/aromatic N) is 1. The molecule has 0 heterocycles. The van der Waals surface area contributed by atoms with E-state index in [0.717, 1.165) is 5.56 Å². The Morgan fingerprint density at radius 2 is 1.68 bits per heavy atom. The molecule has 2 rings (SSSR count). The topological polar surface area (TPSA) is 49.4 Å². The molecule has 4 nitrogen and oxygen atoms in total. The lowest BCUT2D eigenvalue weighted by Gasteiger charge is -2.21. The van der Waals surface area contributed by atoms with E-state index in [1.54, 1.807) is 37.3 Å². The number of rotatable bonds is 6. The fourth-order valence-corrected chi connectivity index (χ4v) is 2.78. The van der Waals surface area contributed by atoms with E-state index in [-0.39, 0.29) is 40.4 Å². The van der Waals surface area contributed by atoms with Crippen molar-refractivity contribution in [2.24, 2.45) is 0 Å². The number of hydrogen-bond donors (Lipinski definition) is 1. The maximum absolute atomic E-state index is 12.9. The van der Waals surface area contributed by atoms with Crippen LogP contribution in [0, 0.1) is 5.82 Å². The Kier molecular flexibility index (Phi) is 6.79. The molecule has 0 aliphatic heterocycles. The Labute approximate surface area is 155 Å². The molecule has 2 aromatic carbocycles. The number of hydrogen-bond acceptors (Lipinski definition) is 2. The van der Waals surface area contributed by atoms with Gasteiger partial charge >= 0.3 is 0 Å². The summed E-state index contributed by atoms with van der Waals surface area (Å²) in [6.45, 7) is 2.20. The van der Waals surface area contributed by atoms with Crippen LogP contribution in [0.25, 0.3) is 0 Å². The van der Waals surface area contributed by atoms with Gasteiger partial charge in [-0.25, -0.2) is 4.39 Å².